The molecule has 0 aromatic heterocycles. The highest BCUT2D eigenvalue weighted by Crippen LogP contribution is 2.12. The summed E-state index contributed by atoms with van der Waals surface area (Å²) in [7, 11) is 1.25. The first-order valence-electron chi connectivity index (χ1n) is 7.51. The van der Waals surface area contributed by atoms with Crippen LogP contribution in [-0.4, -0.2) is 25.7 Å². The van der Waals surface area contributed by atoms with Crippen molar-refractivity contribution >= 4 is 12.0 Å². The fourth-order valence-corrected chi connectivity index (χ4v) is 1.92. The van der Waals surface area contributed by atoms with Crippen LogP contribution in [-0.2, 0) is 22.7 Å². The van der Waals surface area contributed by atoms with Crippen LogP contribution in [0.4, 0.5) is 4.79 Å². The summed E-state index contributed by atoms with van der Waals surface area (Å²) in [6, 6.07) is 17.4. The van der Waals surface area contributed by atoms with Crippen molar-refractivity contribution in [3.05, 3.63) is 65.7 Å². The van der Waals surface area contributed by atoms with Crippen LogP contribution in [0.3, 0.4) is 0 Å². The van der Waals surface area contributed by atoms with Crippen LogP contribution in [0.5, 0.6) is 5.75 Å². The molecule has 0 aliphatic rings. The molecule has 2 aromatic rings. The van der Waals surface area contributed by atoms with Crippen molar-refractivity contribution in [1.29, 1.82) is 0 Å². The van der Waals surface area contributed by atoms with E-state index in [2.05, 4.69) is 15.4 Å². The number of para-hydroxylation sites is 1. The lowest BCUT2D eigenvalue weighted by molar-refractivity contribution is -0.120. The number of carbonyl (C=O) groups excluding carboxylic acids is 2. The second-order valence-electron chi connectivity index (χ2n) is 5.04. The van der Waals surface area contributed by atoms with E-state index in [1.54, 1.807) is 0 Å². The lowest BCUT2D eigenvalue weighted by atomic mass is 10.1. The molecule has 0 saturated carbocycles. The van der Waals surface area contributed by atoms with Crippen LogP contribution >= 0.6 is 0 Å². The maximum Gasteiger partial charge on any atom is 0.407 e. The Kier molecular flexibility index (Phi) is 6.64. The van der Waals surface area contributed by atoms with Gasteiger partial charge in [0.2, 0.25) is 5.91 Å². The van der Waals surface area contributed by atoms with E-state index in [-0.39, 0.29) is 12.5 Å². The van der Waals surface area contributed by atoms with Crippen LogP contribution in [0.25, 0.3) is 0 Å². The van der Waals surface area contributed by atoms with Gasteiger partial charge < -0.3 is 20.1 Å². The molecule has 6 nitrogen and oxygen atoms in total. The van der Waals surface area contributed by atoms with E-state index in [4.69, 9.17) is 4.74 Å². The molecule has 0 spiro atoms. The molecule has 2 N–H and O–H groups in total. The maximum atomic E-state index is 11.6. The van der Waals surface area contributed by atoms with Gasteiger partial charge in [-0.1, -0.05) is 42.5 Å². The number of nitrogens with one attached hydrogen (secondary N) is 2. The van der Waals surface area contributed by atoms with E-state index >= 15 is 0 Å². The average molecular weight is 328 g/mol. The fourth-order valence-electron chi connectivity index (χ4n) is 1.92. The van der Waals surface area contributed by atoms with Crippen LogP contribution in [0, 0.1) is 0 Å². The molecule has 0 radical (unpaired) electrons. The monoisotopic (exact) mass is 328 g/mol. The highest BCUT2D eigenvalue weighted by Gasteiger charge is 2.04. The second kappa shape index (κ2) is 9.19. The summed E-state index contributed by atoms with van der Waals surface area (Å²) in [6.45, 7) is 0.761. The molecule has 0 atom stereocenters. The Morgan fingerprint density at radius 3 is 2.25 bits per heavy atom. The van der Waals surface area contributed by atoms with E-state index < -0.39 is 6.09 Å². The molecule has 2 rings (SSSR count). The summed E-state index contributed by atoms with van der Waals surface area (Å²) in [5.41, 5.74) is 2.01. The predicted octanol–water partition coefficient (Wildman–Crippen LogP) is 2.24. The maximum absolute atomic E-state index is 11.6. The molecule has 0 aliphatic carbocycles. The molecular weight excluding hydrogens is 308 g/mol. The summed E-state index contributed by atoms with van der Waals surface area (Å²) in [5.74, 6) is 0.545. The minimum absolute atomic E-state index is 0.115. The summed E-state index contributed by atoms with van der Waals surface area (Å²) in [4.78, 5) is 22.4. The number of rotatable bonds is 7. The van der Waals surface area contributed by atoms with Gasteiger partial charge in [0.15, 0.2) is 0 Å². The van der Waals surface area contributed by atoms with E-state index in [0.29, 0.717) is 13.2 Å². The molecule has 0 heterocycles. The van der Waals surface area contributed by atoms with Gasteiger partial charge in [0.1, 0.15) is 18.9 Å². The third-order valence-electron chi connectivity index (χ3n) is 3.24. The number of benzene rings is 2. The lowest BCUT2D eigenvalue weighted by Crippen LogP contribution is -2.36. The Hall–Kier alpha value is -3.02. The minimum atomic E-state index is -0.632. The van der Waals surface area contributed by atoms with Gasteiger partial charge in [-0.15, -0.1) is 0 Å². The fraction of sp³-hybridized carbons (Fsp3) is 0.222. The highest BCUT2D eigenvalue weighted by molar-refractivity contribution is 5.81. The molecule has 126 valence electrons. The van der Waals surface area contributed by atoms with Crippen LogP contribution < -0.4 is 15.4 Å². The largest absolute Gasteiger partial charge is 0.489 e. The molecule has 2 amide bonds. The molecule has 0 fully saturated rings. The van der Waals surface area contributed by atoms with E-state index in [0.717, 1.165) is 16.9 Å². The number of alkyl carbamates (subject to hydrolysis) is 1. The number of carbonyl (C=O) groups is 2. The first-order chi connectivity index (χ1) is 11.7. The minimum Gasteiger partial charge on any atom is -0.489 e. The van der Waals surface area contributed by atoms with Gasteiger partial charge in [0.05, 0.1) is 7.11 Å². The zero-order chi connectivity index (χ0) is 17.2. The quantitative estimate of drug-likeness (QED) is 0.817. The van der Waals surface area contributed by atoms with Gasteiger partial charge in [-0.05, 0) is 23.3 Å². The van der Waals surface area contributed by atoms with Crippen LogP contribution in [0.2, 0.25) is 0 Å². The molecule has 0 aliphatic heterocycles. The Balaban J connectivity index is 1.73. The summed E-state index contributed by atoms with van der Waals surface area (Å²) in [5, 5.41) is 5.04. The number of methoxy groups -OCH3 is 1. The molecular formula is C18H20N2O4. The van der Waals surface area contributed by atoms with Gasteiger partial charge >= 0.3 is 6.09 Å². The van der Waals surface area contributed by atoms with Gasteiger partial charge in [-0.3, -0.25) is 4.79 Å². The molecule has 0 saturated heterocycles. The number of hydrogen-bond donors (Lipinski definition) is 2. The van der Waals surface area contributed by atoms with Crippen LogP contribution in [0.15, 0.2) is 54.6 Å². The zero-order valence-electron chi connectivity index (χ0n) is 13.5. The zero-order valence-corrected chi connectivity index (χ0v) is 13.5. The Labute approximate surface area is 140 Å². The molecule has 2 aromatic carbocycles. The first kappa shape index (κ1) is 17.3. The van der Waals surface area contributed by atoms with Gasteiger partial charge in [0.25, 0.3) is 0 Å². The van der Waals surface area contributed by atoms with E-state index in [9.17, 15) is 9.59 Å². The molecule has 6 heteroatoms. The normalized spacial score (nSPS) is 9.88. The summed E-state index contributed by atoms with van der Waals surface area (Å²) < 4.78 is 10.1. The molecule has 0 unspecified atom stereocenters. The first-order valence-corrected chi connectivity index (χ1v) is 7.51. The number of amides is 2. The summed E-state index contributed by atoms with van der Waals surface area (Å²) in [6.07, 6.45) is -0.632. The van der Waals surface area contributed by atoms with Crippen molar-refractivity contribution in [2.75, 3.05) is 13.7 Å². The highest BCUT2D eigenvalue weighted by atomic mass is 16.5. The smallest absolute Gasteiger partial charge is 0.407 e. The lowest BCUT2D eigenvalue weighted by Gasteiger charge is -2.08. The van der Waals surface area contributed by atoms with Gasteiger partial charge in [-0.25, -0.2) is 4.79 Å². The Morgan fingerprint density at radius 2 is 1.58 bits per heavy atom. The Bertz CT molecular complexity index is 656. The third-order valence-corrected chi connectivity index (χ3v) is 3.24. The third kappa shape index (κ3) is 6.00. The Morgan fingerprint density at radius 1 is 0.917 bits per heavy atom. The van der Waals surface area contributed by atoms with Gasteiger partial charge in [0, 0.05) is 6.54 Å². The topological polar surface area (TPSA) is 76.7 Å². The van der Waals surface area contributed by atoms with E-state index in [1.807, 2.05) is 54.6 Å². The van der Waals surface area contributed by atoms with Crippen molar-refractivity contribution in [3.8, 4) is 5.75 Å². The second-order valence-corrected chi connectivity index (χ2v) is 5.04. The average Bonchev–Trinajstić information content (AvgIpc) is 2.64. The van der Waals surface area contributed by atoms with Crippen molar-refractivity contribution < 1.29 is 19.1 Å². The van der Waals surface area contributed by atoms with Crippen molar-refractivity contribution in [2.45, 2.75) is 13.2 Å². The number of ether oxygens (including phenoxy) is 2. The van der Waals surface area contributed by atoms with E-state index in [1.165, 1.54) is 7.11 Å². The van der Waals surface area contributed by atoms with Crippen LogP contribution in [0.1, 0.15) is 11.1 Å². The van der Waals surface area contributed by atoms with Gasteiger partial charge in [-0.2, -0.15) is 0 Å². The van der Waals surface area contributed by atoms with Crippen molar-refractivity contribution in [2.24, 2.45) is 0 Å². The number of hydrogen-bond acceptors (Lipinski definition) is 4. The predicted molar refractivity (Wildman–Crippen MR) is 89.5 cm³/mol. The SMILES string of the molecule is COC(=O)NCC(=O)NCc1ccc(COc2ccccc2)cc1. The standard InChI is InChI=1S/C18H20N2O4/c1-23-18(22)20-12-17(21)19-11-14-7-9-15(10-8-14)13-24-16-5-3-2-4-6-16/h2-10H,11-13H2,1H3,(H,19,21)(H,20,22). The van der Waals surface area contributed by atoms with Crippen molar-refractivity contribution in [3.63, 3.8) is 0 Å². The summed E-state index contributed by atoms with van der Waals surface area (Å²) >= 11 is 0. The molecule has 0 bridgehead atoms. The molecule has 24 heavy (non-hydrogen) atoms. The van der Waals surface area contributed by atoms with Crippen molar-refractivity contribution in [1.82, 2.24) is 10.6 Å².